The molecule has 2 aromatic carbocycles. The second-order valence-electron chi connectivity index (χ2n) is 6.43. The highest BCUT2D eigenvalue weighted by molar-refractivity contribution is 7.92. The molecule has 0 N–H and O–H groups in total. The number of benzene rings is 2. The third-order valence-corrected chi connectivity index (χ3v) is 7.00. The molecular weight excluding hydrogens is 431 g/mol. The maximum atomic E-state index is 13.1. The lowest BCUT2D eigenvalue weighted by molar-refractivity contribution is -0.115. The first-order valence-electron chi connectivity index (χ1n) is 9.10. The number of hydrogen-bond donors (Lipinski definition) is 0. The summed E-state index contributed by atoms with van der Waals surface area (Å²) in [4.78, 5) is 16.8. The summed E-state index contributed by atoms with van der Waals surface area (Å²) >= 11 is 1.26. The SMILES string of the molecule is CCCn1c(=NC(=O)CS(=O)(=O)c2ccc(F)cc2)sc2cc(OC)c(OC)cc21. The van der Waals surface area contributed by atoms with Crippen LogP contribution in [-0.4, -0.2) is 38.9 Å². The number of carbonyl (C=O) groups excluding carboxylic acids is 1. The van der Waals surface area contributed by atoms with Gasteiger partial charge in [-0.1, -0.05) is 18.3 Å². The summed E-state index contributed by atoms with van der Waals surface area (Å²) in [5, 5.41) is 0. The van der Waals surface area contributed by atoms with Gasteiger partial charge >= 0.3 is 0 Å². The van der Waals surface area contributed by atoms with Crippen molar-refractivity contribution in [1.82, 2.24) is 4.57 Å². The van der Waals surface area contributed by atoms with Crippen molar-refractivity contribution < 1.29 is 27.1 Å². The summed E-state index contributed by atoms with van der Waals surface area (Å²) < 4.78 is 51.3. The predicted molar refractivity (Wildman–Crippen MR) is 112 cm³/mol. The van der Waals surface area contributed by atoms with Gasteiger partial charge < -0.3 is 14.0 Å². The number of methoxy groups -OCH3 is 2. The van der Waals surface area contributed by atoms with Crippen LogP contribution >= 0.6 is 11.3 Å². The predicted octanol–water partition coefficient (Wildman–Crippen LogP) is 3.17. The maximum Gasteiger partial charge on any atom is 0.263 e. The average Bonchev–Trinajstić information content (AvgIpc) is 3.02. The largest absolute Gasteiger partial charge is 0.493 e. The molecule has 0 saturated heterocycles. The van der Waals surface area contributed by atoms with E-state index in [-0.39, 0.29) is 4.90 Å². The van der Waals surface area contributed by atoms with Crippen LogP contribution in [0.1, 0.15) is 13.3 Å². The van der Waals surface area contributed by atoms with Crippen LogP contribution in [0.3, 0.4) is 0 Å². The molecular formula is C20H21FN2O5S2. The molecule has 1 aromatic heterocycles. The second kappa shape index (κ2) is 8.97. The lowest BCUT2D eigenvalue weighted by Crippen LogP contribution is -2.21. The van der Waals surface area contributed by atoms with Gasteiger partial charge in [0.1, 0.15) is 11.6 Å². The monoisotopic (exact) mass is 452 g/mol. The fourth-order valence-corrected chi connectivity index (χ4v) is 5.14. The van der Waals surface area contributed by atoms with Crippen LogP contribution in [0.2, 0.25) is 0 Å². The normalized spacial score (nSPS) is 12.3. The Morgan fingerprint density at radius 2 is 1.77 bits per heavy atom. The molecule has 0 aliphatic rings. The van der Waals surface area contributed by atoms with Crippen LogP contribution in [0, 0.1) is 5.82 Å². The number of aromatic nitrogens is 1. The number of fused-ring (bicyclic) bond motifs is 1. The summed E-state index contributed by atoms with van der Waals surface area (Å²) in [6, 6.07) is 7.94. The molecule has 1 amide bonds. The van der Waals surface area contributed by atoms with E-state index in [1.165, 1.54) is 25.6 Å². The number of carbonyl (C=O) groups is 1. The topological polar surface area (TPSA) is 87.0 Å². The summed E-state index contributed by atoms with van der Waals surface area (Å²) in [5.74, 6) is -1.06. The van der Waals surface area contributed by atoms with Gasteiger partial charge in [-0.25, -0.2) is 12.8 Å². The number of ether oxygens (including phenoxy) is 2. The van der Waals surface area contributed by atoms with Crippen molar-refractivity contribution in [3.63, 3.8) is 0 Å². The van der Waals surface area contributed by atoms with E-state index >= 15 is 0 Å². The fraction of sp³-hybridized carbons (Fsp3) is 0.300. The van der Waals surface area contributed by atoms with Crippen LogP contribution in [0.15, 0.2) is 46.3 Å². The van der Waals surface area contributed by atoms with E-state index in [0.717, 1.165) is 40.9 Å². The number of rotatable bonds is 7. The maximum absolute atomic E-state index is 13.1. The molecule has 3 rings (SSSR count). The molecule has 0 fully saturated rings. The third-order valence-electron chi connectivity index (χ3n) is 4.34. The van der Waals surface area contributed by atoms with Gasteiger partial charge in [0.15, 0.2) is 26.1 Å². The minimum atomic E-state index is -3.93. The van der Waals surface area contributed by atoms with Gasteiger partial charge in [0.05, 0.1) is 29.3 Å². The second-order valence-corrected chi connectivity index (χ2v) is 9.43. The van der Waals surface area contributed by atoms with Crippen molar-refractivity contribution in [1.29, 1.82) is 0 Å². The molecule has 30 heavy (non-hydrogen) atoms. The van der Waals surface area contributed by atoms with Crippen molar-refractivity contribution in [3.05, 3.63) is 47.0 Å². The minimum absolute atomic E-state index is 0.125. The van der Waals surface area contributed by atoms with E-state index in [2.05, 4.69) is 4.99 Å². The van der Waals surface area contributed by atoms with E-state index in [4.69, 9.17) is 9.47 Å². The van der Waals surface area contributed by atoms with Crippen molar-refractivity contribution in [2.24, 2.45) is 4.99 Å². The van der Waals surface area contributed by atoms with Crippen molar-refractivity contribution in [3.8, 4) is 11.5 Å². The van der Waals surface area contributed by atoms with E-state index in [1.54, 1.807) is 12.1 Å². The molecule has 10 heteroatoms. The highest BCUT2D eigenvalue weighted by atomic mass is 32.2. The van der Waals surface area contributed by atoms with Crippen LogP contribution in [0.5, 0.6) is 11.5 Å². The molecule has 160 valence electrons. The van der Waals surface area contributed by atoms with E-state index in [9.17, 15) is 17.6 Å². The smallest absolute Gasteiger partial charge is 0.263 e. The Balaban J connectivity index is 2.02. The number of halogens is 1. The lowest BCUT2D eigenvalue weighted by Gasteiger charge is -2.08. The van der Waals surface area contributed by atoms with E-state index < -0.39 is 27.3 Å². The zero-order valence-electron chi connectivity index (χ0n) is 16.7. The molecule has 0 aliphatic heterocycles. The Kier molecular flexibility index (Phi) is 6.57. The molecule has 0 bridgehead atoms. The number of hydrogen-bond acceptors (Lipinski definition) is 6. The summed E-state index contributed by atoms with van der Waals surface area (Å²) in [6.07, 6.45) is 0.787. The number of sulfone groups is 1. The van der Waals surface area contributed by atoms with Gasteiger partial charge in [-0.05, 0) is 30.7 Å². The number of amides is 1. The quantitative estimate of drug-likeness (QED) is 0.514. The highest BCUT2D eigenvalue weighted by Crippen LogP contribution is 2.33. The molecule has 0 aliphatic carbocycles. The van der Waals surface area contributed by atoms with Crippen molar-refractivity contribution in [2.45, 2.75) is 24.8 Å². The Bertz CT molecular complexity index is 1240. The van der Waals surface area contributed by atoms with E-state index in [0.29, 0.717) is 22.8 Å². The zero-order chi connectivity index (χ0) is 21.9. The number of thiazole rings is 1. The highest BCUT2D eigenvalue weighted by Gasteiger charge is 2.20. The van der Waals surface area contributed by atoms with Crippen LogP contribution in [0.25, 0.3) is 10.2 Å². The first-order valence-corrected chi connectivity index (χ1v) is 11.6. The molecule has 0 spiro atoms. The zero-order valence-corrected chi connectivity index (χ0v) is 18.3. The standard InChI is InChI=1S/C20H21FN2O5S2/c1-4-9-23-15-10-16(27-2)17(28-3)11-18(15)29-20(23)22-19(24)12-30(25,26)14-7-5-13(21)6-8-14/h5-8,10-11H,4,9,12H2,1-3H3. The Hall–Kier alpha value is -2.72. The van der Waals surface area contributed by atoms with Gasteiger partial charge in [0, 0.05) is 18.7 Å². The molecule has 1 heterocycles. The van der Waals surface area contributed by atoms with E-state index in [1.807, 2.05) is 11.5 Å². The molecule has 0 radical (unpaired) electrons. The van der Waals surface area contributed by atoms with Gasteiger partial charge in [0.2, 0.25) is 0 Å². The average molecular weight is 453 g/mol. The Morgan fingerprint density at radius 3 is 2.37 bits per heavy atom. The summed E-state index contributed by atoms with van der Waals surface area (Å²) in [7, 11) is -0.856. The molecule has 0 saturated carbocycles. The van der Waals surface area contributed by atoms with Crippen LogP contribution < -0.4 is 14.3 Å². The Labute approximate surface area is 177 Å². The Morgan fingerprint density at radius 1 is 1.13 bits per heavy atom. The minimum Gasteiger partial charge on any atom is -0.493 e. The number of aryl methyl sites for hydroxylation is 1. The van der Waals surface area contributed by atoms with Crippen molar-refractivity contribution in [2.75, 3.05) is 20.0 Å². The van der Waals surface area contributed by atoms with Crippen LogP contribution in [-0.2, 0) is 21.2 Å². The van der Waals surface area contributed by atoms with Gasteiger partial charge in [0.25, 0.3) is 5.91 Å². The molecule has 3 aromatic rings. The molecule has 7 nitrogen and oxygen atoms in total. The summed E-state index contributed by atoms with van der Waals surface area (Å²) in [6.45, 7) is 2.58. The van der Waals surface area contributed by atoms with Gasteiger partial charge in [-0.2, -0.15) is 4.99 Å². The summed E-state index contributed by atoms with van der Waals surface area (Å²) in [5.41, 5.74) is 0.812. The lowest BCUT2D eigenvalue weighted by atomic mass is 10.3. The molecule has 0 unspecified atom stereocenters. The van der Waals surface area contributed by atoms with Crippen molar-refractivity contribution >= 4 is 37.3 Å². The first kappa shape index (κ1) is 22.0. The van der Waals surface area contributed by atoms with Gasteiger partial charge in [-0.15, -0.1) is 0 Å². The fourth-order valence-electron chi connectivity index (χ4n) is 2.95. The molecule has 0 atom stereocenters. The van der Waals surface area contributed by atoms with Crippen LogP contribution in [0.4, 0.5) is 4.39 Å². The first-order chi connectivity index (χ1) is 14.3. The van der Waals surface area contributed by atoms with Gasteiger partial charge in [-0.3, -0.25) is 4.79 Å². The third kappa shape index (κ3) is 4.54. The number of nitrogens with zero attached hydrogens (tertiary/aromatic N) is 2.